The summed E-state index contributed by atoms with van der Waals surface area (Å²) < 4.78 is 11.7. The summed E-state index contributed by atoms with van der Waals surface area (Å²) in [6.07, 6.45) is 5.88. The van der Waals surface area contributed by atoms with Gasteiger partial charge in [0.2, 0.25) is 6.04 Å². The van der Waals surface area contributed by atoms with Gasteiger partial charge >= 0.3 is 0 Å². The number of aliphatic hydroxyl groups excluding tert-OH is 1. The minimum Gasteiger partial charge on any atom is -0.390 e. The molecule has 0 bridgehead atoms. The van der Waals surface area contributed by atoms with E-state index in [4.69, 9.17) is 9.47 Å². The van der Waals surface area contributed by atoms with Gasteiger partial charge in [-0.05, 0) is 67.6 Å². The molecular formula is C21H35NO5. The third-order valence-corrected chi connectivity index (χ3v) is 9.38. The number of hydrogen-bond donors (Lipinski definition) is 1. The fraction of sp³-hybridized carbons (Fsp3) is 1.00. The molecule has 6 heteroatoms. The molecule has 0 aliphatic heterocycles. The van der Waals surface area contributed by atoms with Crippen molar-refractivity contribution >= 4 is 0 Å². The SMILES string of the molecule is CO[C@H]1C[C@]2(C)[C@@H]([N+](=O)[O-])CC[C@H]2[C@@H]2CC[C@H]3C[C@H](O)[C@@H](OC)C[C@]3(C)[C@H]21. The Bertz CT molecular complexity index is 599. The Hall–Kier alpha value is -0.720. The summed E-state index contributed by atoms with van der Waals surface area (Å²) in [5, 5.41) is 22.2. The highest BCUT2D eigenvalue weighted by Crippen LogP contribution is 2.67. The number of nitro groups is 1. The predicted molar refractivity (Wildman–Crippen MR) is 101 cm³/mol. The van der Waals surface area contributed by atoms with Crippen LogP contribution in [0.15, 0.2) is 0 Å². The zero-order valence-corrected chi connectivity index (χ0v) is 17.1. The number of aliphatic hydroxyl groups is 1. The topological polar surface area (TPSA) is 81.8 Å². The fourth-order valence-electron chi connectivity index (χ4n) is 8.13. The van der Waals surface area contributed by atoms with E-state index in [2.05, 4.69) is 13.8 Å². The molecular weight excluding hydrogens is 346 g/mol. The third-order valence-electron chi connectivity index (χ3n) is 9.38. The third kappa shape index (κ3) is 2.70. The van der Waals surface area contributed by atoms with E-state index in [0.29, 0.717) is 30.1 Å². The molecule has 4 aliphatic carbocycles. The van der Waals surface area contributed by atoms with Crippen molar-refractivity contribution in [3.8, 4) is 0 Å². The molecule has 4 aliphatic rings. The van der Waals surface area contributed by atoms with Gasteiger partial charge in [-0.3, -0.25) is 10.1 Å². The summed E-state index contributed by atoms with van der Waals surface area (Å²) in [5.74, 6) is 1.77. The van der Waals surface area contributed by atoms with Crippen LogP contribution in [0.5, 0.6) is 0 Å². The molecule has 154 valence electrons. The average Bonchev–Trinajstić information content (AvgIpc) is 2.98. The number of rotatable bonds is 3. The second-order valence-electron chi connectivity index (χ2n) is 10.2. The summed E-state index contributed by atoms with van der Waals surface area (Å²) in [6, 6.07) is -0.438. The fourth-order valence-corrected chi connectivity index (χ4v) is 8.13. The Morgan fingerprint density at radius 3 is 2.30 bits per heavy atom. The Labute approximate surface area is 162 Å². The number of fused-ring (bicyclic) bond motifs is 5. The summed E-state index contributed by atoms with van der Waals surface area (Å²) in [4.78, 5) is 11.7. The molecule has 0 radical (unpaired) electrons. The molecule has 6 nitrogen and oxygen atoms in total. The smallest absolute Gasteiger partial charge is 0.218 e. The Morgan fingerprint density at radius 1 is 1.00 bits per heavy atom. The first-order chi connectivity index (χ1) is 12.8. The van der Waals surface area contributed by atoms with E-state index in [1.165, 1.54) is 0 Å². The Morgan fingerprint density at radius 2 is 1.67 bits per heavy atom. The van der Waals surface area contributed by atoms with Crippen LogP contribution in [0.3, 0.4) is 0 Å². The standard InChI is InChI=1S/C21H35NO5/c1-20-10-16(26-3)15(23)9-12(20)5-6-13-14-7-8-18(22(24)25)21(14,2)11-17(27-4)19(13)20/h12-19,23H,5-11H2,1-4H3/t12-,13-,14-,15-,16-,17-,18-,19+,20-,21-/m0/s1. The first-order valence-corrected chi connectivity index (χ1v) is 10.6. The minimum atomic E-state index is -0.438. The lowest BCUT2D eigenvalue weighted by Crippen LogP contribution is -2.62. The van der Waals surface area contributed by atoms with Gasteiger partial charge in [0, 0.05) is 31.0 Å². The Kier molecular flexibility index (Phi) is 4.84. The molecule has 4 fully saturated rings. The van der Waals surface area contributed by atoms with Gasteiger partial charge in [-0.15, -0.1) is 0 Å². The van der Waals surface area contributed by atoms with Crippen molar-refractivity contribution in [1.82, 2.24) is 0 Å². The molecule has 0 amide bonds. The van der Waals surface area contributed by atoms with E-state index >= 15 is 0 Å². The lowest BCUT2D eigenvalue weighted by Gasteiger charge is -2.62. The van der Waals surface area contributed by atoms with Crippen molar-refractivity contribution < 1.29 is 19.5 Å². The van der Waals surface area contributed by atoms with Crippen molar-refractivity contribution in [1.29, 1.82) is 0 Å². The lowest BCUT2D eigenvalue weighted by molar-refractivity contribution is -0.541. The predicted octanol–water partition coefficient (Wildman–Crippen LogP) is 3.29. The zero-order valence-electron chi connectivity index (χ0n) is 17.1. The van der Waals surface area contributed by atoms with Crippen LogP contribution in [-0.2, 0) is 9.47 Å². The average molecular weight is 382 g/mol. The van der Waals surface area contributed by atoms with Gasteiger partial charge in [-0.2, -0.15) is 0 Å². The normalized spacial score (nSPS) is 54.7. The van der Waals surface area contributed by atoms with Gasteiger partial charge in [0.1, 0.15) is 0 Å². The van der Waals surface area contributed by atoms with Gasteiger partial charge in [0.25, 0.3) is 0 Å². The highest BCUT2D eigenvalue weighted by molar-refractivity contribution is 5.13. The van der Waals surface area contributed by atoms with E-state index in [-0.39, 0.29) is 34.1 Å². The highest BCUT2D eigenvalue weighted by atomic mass is 16.6. The van der Waals surface area contributed by atoms with Crippen LogP contribution in [0.1, 0.15) is 58.8 Å². The van der Waals surface area contributed by atoms with Gasteiger partial charge < -0.3 is 14.6 Å². The molecule has 4 rings (SSSR count). The molecule has 0 heterocycles. The van der Waals surface area contributed by atoms with Crippen LogP contribution < -0.4 is 0 Å². The van der Waals surface area contributed by atoms with Crippen LogP contribution in [-0.4, -0.2) is 48.6 Å². The van der Waals surface area contributed by atoms with Gasteiger partial charge in [-0.1, -0.05) is 13.8 Å². The monoisotopic (exact) mass is 381 g/mol. The quantitative estimate of drug-likeness (QED) is 0.599. The van der Waals surface area contributed by atoms with Crippen LogP contribution in [0.25, 0.3) is 0 Å². The first kappa shape index (κ1) is 19.6. The molecule has 0 aromatic rings. The molecule has 0 aromatic carbocycles. The summed E-state index contributed by atoms with van der Waals surface area (Å²) in [5.41, 5.74) is -0.194. The zero-order chi connectivity index (χ0) is 19.6. The number of methoxy groups -OCH3 is 2. The van der Waals surface area contributed by atoms with E-state index in [9.17, 15) is 15.2 Å². The van der Waals surface area contributed by atoms with E-state index in [0.717, 1.165) is 38.5 Å². The van der Waals surface area contributed by atoms with Gasteiger partial charge in [-0.25, -0.2) is 0 Å². The number of ether oxygens (including phenoxy) is 2. The molecule has 4 saturated carbocycles. The summed E-state index contributed by atoms with van der Waals surface area (Å²) in [7, 11) is 3.47. The number of nitrogens with zero attached hydrogens (tertiary/aromatic N) is 1. The maximum Gasteiger partial charge on any atom is 0.218 e. The second-order valence-corrected chi connectivity index (χ2v) is 10.2. The van der Waals surface area contributed by atoms with Gasteiger partial charge in [0.05, 0.1) is 18.3 Å². The first-order valence-electron chi connectivity index (χ1n) is 10.6. The van der Waals surface area contributed by atoms with E-state index in [1.807, 2.05) is 0 Å². The summed E-state index contributed by atoms with van der Waals surface area (Å²) >= 11 is 0. The van der Waals surface area contributed by atoms with Crippen LogP contribution >= 0.6 is 0 Å². The molecule has 27 heavy (non-hydrogen) atoms. The lowest BCUT2D eigenvalue weighted by atomic mass is 9.44. The van der Waals surface area contributed by atoms with Crippen molar-refractivity contribution in [2.75, 3.05) is 14.2 Å². The molecule has 0 spiro atoms. The molecule has 0 aromatic heterocycles. The minimum absolute atomic E-state index is 0.0295. The molecule has 0 saturated heterocycles. The van der Waals surface area contributed by atoms with Crippen molar-refractivity contribution in [3.05, 3.63) is 10.1 Å². The van der Waals surface area contributed by atoms with Crippen LogP contribution in [0.4, 0.5) is 0 Å². The maximum absolute atomic E-state index is 11.7. The highest BCUT2D eigenvalue weighted by Gasteiger charge is 2.66. The van der Waals surface area contributed by atoms with Crippen molar-refractivity contribution in [2.45, 2.75) is 83.1 Å². The van der Waals surface area contributed by atoms with E-state index < -0.39 is 6.04 Å². The van der Waals surface area contributed by atoms with E-state index in [1.54, 1.807) is 14.2 Å². The molecule has 0 unspecified atom stereocenters. The second kappa shape index (κ2) is 6.67. The summed E-state index contributed by atoms with van der Waals surface area (Å²) in [6.45, 7) is 4.53. The molecule has 1 N–H and O–H groups in total. The van der Waals surface area contributed by atoms with Crippen molar-refractivity contribution in [3.63, 3.8) is 0 Å². The maximum atomic E-state index is 11.7. The Balaban J connectivity index is 1.70. The largest absolute Gasteiger partial charge is 0.390 e. The van der Waals surface area contributed by atoms with Crippen molar-refractivity contribution in [2.24, 2.45) is 34.5 Å². The van der Waals surface area contributed by atoms with Crippen LogP contribution in [0, 0.1) is 44.6 Å². The number of hydrogen-bond acceptors (Lipinski definition) is 5. The molecule has 10 atom stereocenters. The van der Waals surface area contributed by atoms with Gasteiger partial charge in [0.15, 0.2) is 0 Å². The van der Waals surface area contributed by atoms with Crippen LogP contribution in [0.2, 0.25) is 0 Å².